The van der Waals surface area contributed by atoms with Crippen LogP contribution < -0.4 is 5.32 Å². The Kier molecular flexibility index (Phi) is 5.60. The second-order valence-electron chi connectivity index (χ2n) is 5.41. The fraction of sp³-hybridized carbons (Fsp3) is 0.438. The smallest absolute Gasteiger partial charge is 0.234 e. The van der Waals surface area contributed by atoms with Gasteiger partial charge in [-0.15, -0.1) is 10.2 Å². The third kappa shape index (κ3) is 3.88. The van der Waals surface area contributed by atoms with Gasteiger partial charge in [0.05, 0.1) is 5.75 Å². The number of para-hydroxylation sites is 1. The van der Waals surface area contributed by atoms with Gasteiger partial charge in [0.15, 0.2) is 5.16 Å². The topological polar surface area (TPSA) is 59.8 Å². The standard InChI is InChI=1S/C16H22N4OS/c1-5-13-8-6-7-12(4)15(13)18-14(21)9-22-16-19-17-10-20(16)11(2)3/h6-8,10-11H,5,9H2,1-4H3,(H,18,21). The van der Waals surface area contributed by atoms with Gasteiger partial charge in [0.1, 0.15) is 6.33 Å². The first-order valence-corrected chi connectivity index (χ1v) is 8.42. The lowest BCUT2D eigenvalue weighted by Gasteiger charge is -2.13. The predicted molar refractivity (Wildman–Crippen MR) is 90.3 cm³/mol. The van der Waals surface area contributed by atoms with Crippen molar-refractivity contribution >= 4 is 23.4 Å². The number of benzene rings is 1. The molecule has 0 saturated carbocycles. The Hall–Kier alpha value is -1.82. The number of aryl methyl sites for hydroxylation is 2. The molecule has 1 heterocycles. The molecule has 5 nitrogen and oxygen atoms in total. The summed E-state index contributed by atoms with van der Waals surface area (Å²) in [4.78, 5) is 12.2. The number of aromatic nitrogens is 3. The number of nitrogens with zero attached hydrogens (tertiary/aromatic N) is 3. The Balaban J connectivity index is 2.01. The first-order chi connectivity index (χ1) is 10.5. The average Bonchev–Trinajstić information content (AvgIpc) is 2.96. The average molecular weight is 318 g/mol. The molecular weight excluding hydrogens is 296 g/mol. The summed E-state index contributed by atoms with van der Waals surface area (Å²) in [5, 5.41) is 11.8. The van der Waals surface area contributed by atoms with E-state index in [0.717, 1.165) is 28.4 Å². The van der Waals surface area contributed by atoms with Crippen molar-refractivity contribution < 1.29 is 4.79 Å². The number of rotatable bonds is 6. The second-order valence-corrected chi connectivity index (χ2v) is 6.36. The summed E-state index contributed by atoms with van der Waals surface area (Å²) in [6, 6.07) is 6.36. The van der Waals surface area contributed by atoms with Gasteiger partial charge in [0.2, 0.25) is 5.91 Å². The number of carbonyl (C=O) groups is 1. The van der Waals surface area contributed by atoms with E-state index in [1.807, 2.05) is 29.7 Å². The molecule has 0 aliphatic heterocycles. The van der Waals surface area contributed by atoms with E-state index >= 15 is 0 Å². The van der Waals surface area contributed by atoms with Crippen molar-refractivity contribution in [2.75, 3.05) is 11.1 Å². The molecule has 0 aliphatic rings. The summed E-state index contributed by atoms with van der Waals surface area (Å²) >= 11 is 1.41. The highest BCUT2D eigenvalue weighted by Gasteiger charge is 2.12. The molecule has 0 spiro atoms. The zero-order valence-electron chi connectivity index (χ0n) is 13.5. The van der Waals surface area contributed by atoms with Crippen LogP contribution >= 0.6 is 11.8 Å². The number of thioether (sulfide) groups is 1. The molecule has 2 rings (SSSR count). The van der Waals surface area contributed by atoms with Crippen LogP contribution in [-0.4, -0.2) is 26.4 Å². The SMILES string of the molecule is CCc1cccc(C)c1NC(=O)CSc1nncn1C(C)C. The number of nitrogens with one attached hydrogen (secondary N) is 1. The van der Waals surface area contributed by atoms with Gasteiger partial charge in [0.25, 0.3) is 0 Å². The quantitative estimate of drug-likeness (QED) is 0.829. The molecule has 6 heteroatoms. The Morgan fingerprint density at radius 3 is 2.86 bits per heavy atom. The van der Waals surface area contributed by atoms with Crippen LogP contribution in [0.2, 0.25) is 0 Å². The summed E-state index contributed by atoms with van der Waals surface area (Å²) in [5.74, 6) is 0.301. The third-order valence-electron chi connectivity index (χ3n) is 3.43. The van der Waals surface area contributed by atoms with Crippen LogP contribution in [0.3, 0.4) is 0 Å². The maximum atomic E-state index is 12.2. The summed E-state index contributed by atoms with van der Waals surface area (Å²) in [7, 11) is 0. The molecule has 0 saturated heterocycles. The minimum Gasteiger partial charge on any atom is -0.325 e. The largest absolute Gasteiger partial charge is 0.325 e. The number of amides is 1. The maximum Gasteiger partial charge on any atom is 0.234 e. The predicted octanol–water partition coefficient (Wildman–Crippen LogP) is 3.46. The molecule has 1 aromatic carbocycles. The van der Waals surface area contributed by atoms with E-state index in [1.54, 1.807) is 6.33 Å². The fourth-order valence-electron chi connectivity index (χ4n) is 2.20. The van der Waals surface area contributed by atoms with E-state index in [-0.39, 0.29) is 11.9 Å². The van der Waals surface area contributed by atoms with Crippen LogP contribution in [0, 0.1) is 6.92 Å². The van der Waals surface area contributed by atoms with Gasteiger partial charge in [-0.25, -0.2) is 0 Å². The first-order valence-electron chi connectivity index (χ1n) is 7.43. The van der Waals surface area contributed by atoms with Crippen LogP contribution in [0.15, 0.2) is 29.7 Å². The Morgan fingerprint density at radius 2 is 2.18 bits per heavy atom. The lowest BCUT2D eigenvalue weighted by Crippen LogP contribution is -2.16. The molecule has 0 aliphatic carbocycles. The summed E-state index contributed by atoms with van der Waals surface area (Å²) in [6.45, 7) is 8.23. The van der Waals surface area contributed by atoms with Crippen LogP contribution in [0.25, 0.3) is 0 Å². The monoisotopic (exact) mass is 318 g/mol. The zero-order chi connectivity index (χ0) is 16.1. The van der Waals surface area contributed by atoms with Crippen LogP contribution in [0.1, 0.15) is 37.9 Å². The van der Waals surface area contributed by atoms with Crippen molar-refractivity contribution in [1.82, 2.24) is 14.8 Å². The molecule has 0 unspecified atom stereocenters. The lowest BCUT2D eigenvalue weighted by atomic mass is 10.1. The molecule has 0 fully saturated rings. The van der Waals surface area contributed by atoms with E-state index in [0.29, 0.717) is 5.75 Å². The Morgan fingerprint density at radius 1 is 1.41 bits per heavy atom. The van der Waals surface area contributed by atoms with E-state index in [2.05, 4.69) is 36.3 Å². The van der Waals surface area contributed by atoms with Gasteiger partial charge in [0, 0.05) is 11.7 Å². The van der Waals surface area contributed by atoms with Crippen molar-refractivity contribution in [3.63, 3.8) is 0 Å². The number of carbonyl (C=O) groups excluding carboxylic acids is 1. The number of hydrogen-bond acceptors (Lipinski definition) is 4. The highest BCUT2D eigenvalue weighted by atomic mass is 32.2. The molecule has 1 aromatic heterocycles. The molecule has 2 aromatic rings. The summed E-state index contributed by atoms with van der Waals surface area (Å²) in [6.07, 6.45) is 2.59. The van der Waals surface area contributed by atoms with Gasteiger partial charge in [-0.3, -0.25) is 4.79 Å². The van der Waals surface area contributed by atoms with Gasteiger partial charge >= 0.3 is 0 Å². The lowest BCUT2D eigenvalue weighted by molar-refractivity contribution is -0.113. The van der Waals surface area contributed by atoms with Crippen LogP contribution in [0.4, 0.5) is 5.69 Å². The Labute approximate surface area is 135 Å². The van der Waals surface area contributed by atoms with E-state index < -0.39 is 0 Å². The van der Waals surface area contributed by atoms with E-state index in [1.165, 1.54) is 11.8 Å². The molecule has 1 N–H and O–H groups in total. The number of anilines is 1. The molecule has 0 radical (unpaired) electrons. The van der Waals surface area contributed by atoms with Crippen molar-refractivity contribution in [2.24, 2.45) is 0 Å². The molecule has 118 valence electrons. The second kappa shape index (κ2) is 7.45. The van der Waals surface area contributed by atoms with Gasteiger partial charge in [-0.05, 0) is 38.3 Å². The zero-order valence-corrected chi connectivity index (χ0v) is 14.3. The van der Waals surface area contributed by atoms with Crippen molar-refractivity contribution in [3.8, 4) is 0 Å². The van der Waals surface area contributed by atoms with Crippen LogP contribution in [-0.2, 0) is 11.2 Å². The first kappa shape index (κ1) is 16.5. The van der Waals surface area contributed by atoms with Crippen LogP contribution in [0.5, 0.6) is 0 Å². The van der Waals surface area contributed by atoms with E-state index in [9.17, 15) is 4.79 Å². The normalized spacial score (nSPS) is 11.0. The maximum absolute atomic E-state index is 12.2. The molecule has 1 amide bonds. The van der Waals surface area contributed by atoms with Gasteiger partial charge in [-0.2, -0.15) is 0 Å². The van der Waals surface area contributed by atoms with Crippen molar-refractivity contribution in [3.05, 3.63) is 35.7 Å². The highest BCUT2D eigenvalue weighted by Crippen LogP contribution is 2.23. The minimum absolute atomic E-state index is 0.0210. The molecule has 0 atom stereocenters. The van der Waals surface area contributed by atoms with E-state index in [4.69, 9.17) is 0 Å². The molecule has 22 heavy (non-hydrogen) atoms. The molecule has 0 bridgehead atoms. The summed E-state index contributed by atoms with van der Waals surface area (Å²) < 4.78 is 1.96. The highest BCUT2D eigenvalue weighted by molar-refractivity contribution is 7.99. The third-order valence-corrected chi connectivity index (χ3v) is 4.39. The van der Waals surface area contributed by atoms with Crippen molar-refractivity contribution in [1.29, 1.82) is 0 Å². The minimum atomic E-state index is -0.0210. The molecular formula is C16H22N4OS. The summed E-state index contributed by atoms with van der Waals surface area (Å²) in [5.41, 5.74) is 3.17. The van der Waals surface area contributed by atoms with Crippen molar-refractivity contribution in [2.45, 2.75) is 45.3 Å². The fourth-order valence-corrected chi connectivity index (χ4v) is 3.04. The van der Waals surface area contributed by atoms with Gasteiger partial charge < -0.3 is 9.88 Å². The Bertz CT molecular complexity index is 651. The number of hydrogen-bond donors (Lipinski definition) is 1. The van der Waals surface area contributed by atoms with Gasteiger partial charge in [-0.1, -0.05) is 36.9 Å².